The van der Waals surface area contributed by atoms with Crippen molar-refractivity contribution in [2.75, 3.05) is 6.54 Å². The van der Waals surface area contributed by atoms with Gasteiger partial charge in [-0.2, -0.15) is 0 Å². The first kappa shape index (κ1) is 12.1. The van der Waals surface area contributed by atoms with Crippen LogP contribution in [0.5, 0.6) is 0 Å². The lowest BCUT2D eigenvalue weighted by molar-refractivity contribution is 0.492. The van der Waals surface area contributed by atoms with Crippen LogP contribution in [-0.2, 0) is 0 Å². The molecule has 0 bridgehead atoms. The maximum Gasteiger partial charge on any atom is 0.105 e. The first-order valence-electron chi connectivity index (χ1n) is 5.51. The number of hydrogen-bond donors (Lipinski definition) is 1. The highest BCUT2D eigenvalue weighted by molar-refractivity contribution is 5.23. The number of furan rings is 1. The molecule has 1 heterocycles. The van der Waals surface area contributed by atoms with Crippen LogP contribution >= 0.6 is 0 Å². The zero-order valence-electron chi connectivity index (χ0n) is 10.2. The molecule has 1 aromatic heterocycles. The fourth-order valence-electron chi connectivity index (χ4n) is 1.61. The summed E-state index contributed by atoms with van der Waals surface area (Å²) in [4.78, 5) is 0. The number of nitrogens with one attached hydrogen (secondary N) is 1. The third-order valence-corrected chi connectivity index (χ3v) is 2.70. The van der Waals surface area contributed by atoms with Gasteiger partial charge >= 0.3 is 0 Å². The second kappa shape index (κ2) is 5.17. The van der Waals surface area contributed by atoms with Crippen LogP contribution in [0.4, 0.5) is 0 Å². The van der Waals surface area contributed by atoms with Crippen molar-refractivity contribution in [3.63, 3.8) is 0 Å². The first-order chi connectivity index (χ1) is 7.04. The molecule has 1 rings (SSSR count). The van der Waals surface area contributed by atoms with Crippen LogP contribution < -0.4 is 5.32 Å². The lowest BCUT2D eigenvalue weighted by atomic mass is 10.1. The van der Waals surface area contributed by atoms with E-state index in [0.29, 0.717) is 6.04 Å². The van der Waals surface area contributed by atoms with Gasteiger partial charge in [0.2, 0.25) is 0 Å². The highest BCUT2D eigenvalue weighted by Crippen LogP contribution is 2.21. The highest BCUT2D eigenvalue weighted by Gasteiger charge is 2.11. The summed E-state index contributed by atoms with van der Waals surface area (Å²) in [6, 6.07) is 2.42. The smallest absolute Gasteiger partial charge is 0.105 e. The van der Waals surface area contributed by atoms with E-state index in [-0.39, 0.29) is 0 Å². The van der Waals surface area contributed by atoms with Gasteiger partial charge in [-0.3, -0.25) is 0 Å². The van der Waals surface area contributed by atoms with E-state index in [0.717, 1.165) is 24.5 Å². The van der Waals surface area contributed by atoms with Crippen LogP contribution in [-0.4, -0.2) is 6.54 Å². The van der Waals surface area contributed by atoms with Crippen molar-refractivity contribution in [3.8, 4) is 0 Å². The number of rotatable bonds is 5. The first-order valence-corrected chi connectivity index (χ1v) is 5.51. The quantitative estimate of drug-likeness (QED) is 0.747. The third-order valence-electron chi connectivity index (χ3n) is 2.70. The van der Waals surface area contributed by atoms with Gasteiger partial charge in [-0.15, -0.1) is 0 Å². The Kier molecular flexibility index (Phi) is 4.15. The van der Waals surface area contributed by atoms with Crippen LogP contribution in [0.2, 0.25) is 0 Å². The molecule has 0 spiro atoms. The predicted molar refractivity (Wildman–Crippen MR) is 64.0 cm³/mol. The largest absolute Gasteiger partial charge is 0.466 e. The monoisotopic (exact) mass is 207 g/mol. The molecule has 1 atom stereocenters. The summed E-state index contributed by atoms with van der Waals surface area (Å²) in [5.74, 6) is 1.99. The molecular formula is C13H21NO. The van der Waals surface area contributed by atoms with Crippen molar-refractivity contribution < 1.29 is 4.42 Å². The minimum Gasteiger partial charge on any atom is -0.466 e. The fourth-order valence-corrected chi connectivity index (χ4v) is 1.61. The Morgan fingerprint density at radius 3 is 2.67 bits per heavy atom. The van der Waals surface area contributed by atoms with E-state index in [1.54, 1.807) is 0 Å². The van der Waals surface area contributed by atoms with Crippen LogP contribution in [0.3, 0.4) is 0 Å². The van der Waals surface area contributed by atoms with Crippen LogP contribution in [0.1, 0.15) is 43.4 Å². The fraction of sp³-hybridized carbons (Fsp3) is 0.538. The van der Waals surface area contributed by atoms with Crippen LogP contribution in [0.15, 0.2) is 22.6 Å². The maximum atomic E-state index is 5.51. The molecule has 2 heteroatoms. The van der Waals surface area contributed by atoms with Crippen molar-refractivity contribution in [2.45, 2.75) is 40.2 Å². The molecule has 0 amide bonds. The van der Waals surface area contributed by atoms with E-state index in [2.05, 4.69) is 31.8 Å². The van der Waals surface area contributed by atoms with Crippen molar-refractivity contribution in [3.05, 3.63) is 35.3 Å². The Bertz CT molecular complexity index is 338. The average Bonchev–Trinajstić information content (AvgIpc) is 2.53. The van der Waals surface area contributed by atoms with E-state index >= 15 is 0 Å². The molecule has 84 valence electrons. The molecular weight excluding hydrogens is 186 g/mol. The highest BCUT2D eigenvalue weighted by atomic mass is 16.3. The molecule has 0 aromatic carbocycles. The van der Waals surface area contributed by atoms with E-state index in [1.807, 2.05) is 13.8 Å². The molecule has 0 aliphatic heterocycles. The van der Waals surface area contributed by atoms with Gasteiger partial charge in [-0.1, -0.05) is 19.1 Å². The minimum atomic E-state index is 0.325. The van der Waals surface area contributed by atoms with Gasteiger partial charge in [0, 0.05) is 18.2 Å². The average molecular weight is 207 g/mol. The standard InChI is InChI=1S/C13H21NO/c1-6-9(2)8-14-11(4)13-7-10(3)15-12(13)5/h7,11,14H,2,6,8H2,1,3-5H3. The summed E-state index contributed by atoms with van der Waals surface area (Å²) in [6.07, 6.45) is 1.03. The Hall–Kier alpha value is -1.02. The Morgan fingerprint density at radius 2 is 2.20 bits per heavy atom. The van der Waals surface area contributed by atoms with Gasteiger partial charge in [0.05, 0.1) is 0 Å². The molecule has 0 saturated heterocycles. The van der Waals surface area contributed by atoms with Crippen molar-refractivity contribution >= 4 is 0 Å². The third kappa shape index (κ3) is 3.24. The van der Waals surface area contributed by atoms with Gasteiger partial charge in [-0.25, -0.2) is 0 Å². The summed E-state index contributed by atoms with van der Waals surface area (Å²) in [6.45, 7) is 13.1. The van der Waals surface area contributed by atoms with E-state index in [9.17, 15) is 0 Å². The van der Waals surface area contributed by atoms with Gasteiger partial charge < -0.3 is 9.73 Å². The molecule has 0 aliphatic rings. The van der Waals surface area contributed by atoms with E-state index in [4.69, 9.17) is 4.42 Å². The molecule has 1 aromatic rings. The van der Waals surface area contributed by atoms with Crippen LogP contribution in [0, 0.1) is 13.8 Å². The second-order valence-electron chi connectivity index (χ2n) is 4.07. The topological polar surface area (TPSA) is 25.2 Å². The Balaban J connectivity index is 2.57. The normalized spacial score (nSPS) is 12.8. The SMILES string of the molecule is C=C(CC)CNC(C)c1cc(C)oc1C. The second-order valence-corrected chi connectivity index (χ2v) is 4.07. The summed E-state index contributed by atoms with van der Waals surface area (Å²) in [5.41, 5.74) is 2.48. The summed E-state index contributed by atoms with van der Waals surface area (Å²) < 4.78 is 5.51. The van der Waals surface area contributed by atoms with Gasteiger partial charge in [-0.05, 0) is 33.3 Å². The molecule has 1 N–H and O–H groups in total. The molecule has 0 fully saturated rings. The molecule has 15 heavy (non-hydrogen) atoms. The van der Waals surface area contributed by atoms with Crippen molar-refractivity contribution in [1.82, 2.24) is 5.32 Å². The molecule has 0 radical (unpaired) electrons. The predicted octanol–water partition coefficient (Wildman–Crippen LogP) is 3.51. The molecule has 0 saturated carbocycles. The summed E-state index contributed by atoms with van der Waals surface area (Å²) >= 11 is 0. The van der Waals surface area contributed by atoms with Gasteiger partial charge in [0.15, 0.2) is 0 Å². The van der Waals surface area contributed by atoms with Crippen molar-refractivity contribution in [2.24, 2.45) is 0 Å². The zero-order chi connectivity index (χ0) is 11.4. The van der Waals surface area contributed by atoms with E-state index in [1.165, 1.54) is 11.1 Å². The Labute approximate surface area is 92.4 Å². The maximum absolute atomic E-state index is 5.51. The molecule has 0 aliphatic carbocycles. The van der Waals surface area contributed by atoms with Crippen molar-refractivity contribution in [1.29, 1.82) is 0 Å². The number of hydrogen-bond acceptors (Lipinski definition) is 2. The summed E-state index contributed by atoms with van der Waals surface area (Å²) in [7, 11) is 0. The van der Waals surface area contributed by atoms with Gasteiger partial charge in [0.25, 0.3) is 0 Å². The van der Waals surface area contributed by atoms with Gasteiger partial charge in [0.1, 0.15) is 11.5 Å². The number of aryl methyl sites for hydroxylation is 2. The lowest BCUT2D eigenvalue weighted by Gasteiger charge is -2.13. The zero-order valence-corrected chi connectivity index (χ0v) is 10.2. The molecule has 2 nitrogen and oxygen atoms in total. The molecule has 1 unspecified atom stereocenters. The van der Waals surface area contributed by atoms with E-state index < -0.39 is 0 Å². The Morgan fingerprint density at radius 1 is 1.53 bits per heavy atom. The lowest BCUT2D eigenvalue weighted by Crippen LogP contribution is -2.20. The van der Waals surface area contributed by atoms with Crippen LogP contribution in [0.25, 0.3) is 0 Å². The summed E-state index contributed by atoms with van der Waals surface area (Å²) in [5, 5.41) is 3.44. The minimum absolute atomic E-state index is 0.325.